The van der Waals surface area contributed by atoms with Crippen LogP contribution >= 0.6 is 23.2 Å². The molecular formula is C13H16Cl2N2O3. The Labute approximate surface area is 127 Å². The van der Waals surface area contributed by atoms with Crippen molar-refractivity contribution in [2.45, 2.75) is 26.3 Å². The second kappa shape index (κ2) is 7.97. The molecule has 0 spiro atoms. The maximum absolute atomic E-state index is 11.7. The van der Waals surface area contributed by atoms with E-state index in [-0.39, 0.29) is 18.4 Å². The summed E-state index contributed by atoms with van der Waals surface area (Å²) >= 11 is 11.6. The highest BCUT2D eigenvalue weighted by molar-refractivity contribution is 6.42. The molecule has 2 amide bonds. The SMILES string of the molecule is CCOC(=O)CC(C)NC(=O)Nc1ccc(Cl)c(Cl)c1. The summed E-state index contributed by atoms with van der Waals surface area (Å²) in [5.41, 5.74) is 0.514. The van der Waals surface area contributed by atoms with Crippen LogP contribution in [0.25, 0.3) is 0 Å². The Morgan fingerprint density at radius 3 is 2.60 bits per heavy atom. The maximum atomic E-state index is 11.7. The predicted octanol–water partition coefficient (Wildman–Crippen LogP) is 3.46. The number of amides is 2. The number of halogens is 2. The Kier molecular flexibility index (Phi) is 6.61. The highest BCUT2D eigenvalue weighted by Gasteiger charge is 2.12. The first-order valence-electron chi connectivity index (χ1n) is 6.10. The number of hydrogen-bond donors (Lipinski definition) is 2. The van der Waals surface area contributed by atoms with Crippen molar-refractivity contribution in [3.63, 3.8) is 0 Å². The monoisotopic (exact) mass is 318 g/mol. The van der Waals surface area contributed by atoms with Crippen LogP contribution in [0.5, 0.6) is 0 Å². The van der Waals surface area contributed by atoms with Gasteiger partial charge < -0.3 is 15.4 Å². The lowest BCUT2D eigenvalue weighted by Gasteiger charge is -2.14. The van der Waals surface area contributed by atoms with Gasteiger partial charge in [0.05, 0.1) is 23.1 Å². The molecule has 1 aromatic carbocycles. The number of anilines is 1. The standard InChI is InChI=1S/C13H16Cl2N2O3/c1-3-20-12(18)6-8(2)16-13(19)17-9-4-5-10(14)11(15)7-9/h4-5,7-8H,3,6H2,1-2H3,(H2,16,17,19). The van der Waals surface area contributed by atoms with Crippen LogP contribution in [-0.4, -0.2) is 24.6 Å². The second-order valence-electron chi connectivity index (χ2n) is 4.14. The lowest BCUT2D eigenvalue weighted by molar-refractivity contribution is -0.143. The maximum Gasteiger partial charge on any atom is 0.319 e. The molecule has 0 bridgehead atoms. The van der Waals surface area contributed by atoms with Crippen LogP contribution in [0.1, 0.15) is 20.3 Å². The van der Waals surface area contributed by atoms with Crippen molar-refractivity contribution in [2.75, 3.05) is 11.9 Å². The minimum Gasteiger partial charge on any atom is -0.466 e. The average molecular weight is 319 g/mol. The Morgan fingerprint density at radius 2 is 2.00 bits per heavy atom. The van der Waals surface area contributed by atoms with Crippen LogP contribution in [0.3, 0.4) is 0 Å². The number of benzene rings is 1. The van der Waals surface area contributed by atoms with E-state index in [4.69, 9.17) is 27.9 Å². The fourth-order valence-electron chi connectivity index (χ4n) is 1.49. The second-order valence-corrected chi connectivity index (χ2v) is 4.95. The van der Waals surface area contributed by atoms with Gasteiger partial charge >= 0.3 is 12.0 Å². The van der Waals surface area contributed by atoms with Gasteiger partial charge in [-0.25, -0.2) is 4.79 Å². The van der Waals surface area contributed by atoms with Crippen LogP contribution in [0.2, 0.25) is 10.0 Å². The summed E-state index contributed by atoms with van der Waals surface area (Å²) in [6.07, 6.45) is 0.114. The Balaban J connectivity index is 2.46. The van der Waals surface area contributed by atoms with Gasteiger partial charge in [0.15, 0.2) is 0 Å². The minimum absolute atomic E-state index is 0.114. The zero-order valence-corrected chi connectivity index (χ0v) is 12.7. The lowest BCUT2D eigenvalue weighted by atomic mass is 10.2. The number of esters is 1. The summed E-state index contributed by atoms with van der Waals surface area (Å²) < 4.78 is 4.80. The number of urea groups is 1. The van der Waals surface area contributed by atoms with Crippen LogP contribution in [-0.2, 0) is 9.53 Å². The highest BCUT2D eigenvalue weighted by Crippen LogP contribution is 2.24. The predicted molar refractivity (Wildman–Crippen MR) is 79.3 cm³/mol. The van der Waals surface area contributed by atoms with Crippen LogP contribution < -0.4 is 10.6 Å². The van der Waals surface area contributed by atoms with E-state index >= 15 is 0 Å². The van der Waals surface area contributed by atoms with Crippen molar-refractivity contribution in [1.82, 2.24) is 5.32 Å². The molecule has 20 heavy (non-hydrogen) atoms. The van der Waals surface area contributed by atoms with Gasteiger partial charge in [-0.3, -0.25) is 4.79 Å². The molecule has 110 valence electrons. The number of carbonyl (C=O) groups is 2. The number of ether oxygens (including phenoxy) is 1. The van der Waals surface area contributed by atoms with E-state index in [2.05, 4.69) is 10.6 Å². The molecule has 1 unspecified atom stereocenters. The first kappa shape index (κ1) is 16.6. The van der Waals surface area contributed by atoms with Crippen LogP contribution in [0.4, 0.5) is 10.5 Å². The van der Waals surface area contributed by atoms with E-state index in [9.17, 15) is 9.59 Å². The summed E-state index contributed by atoms with van der Waals surface area (Å²) in [6.45, 7) is 3.76. The fourth-order valence-corrected chi connectivity index (χ4v) is 1.78. The fraction of sp³-hybridized carbons (Fsp3) is 0.385. The van der Waals surface area contributed by atoms with E-state index in [0.717, 1.165) is 0 Å². The van der Waals surface area contributed by atoms with Crippen molar-refractivity contribution in [1.29, 1.82) is 0 Å². The quantitative estimate of drug-likeness (QED) is 0.817. The van der Waals surface area contributed by atoms with Crippen molar-refractivity contribution in [3.05, 3.63) is 28.2 Å². The third kappa shape index (κ3) is 5.67. The van der Waals surface area contributed by atoms with Gasteiger partial charge in [0.2, 0.25) is 0 Å². The molecule has 5 nitrogen and oxygen atoms in total. The van der Waals surface area contributed by atoms with E-state index in [0.29, 0.717) is 22.3 Å². The van der Waals surface area contributed by atoms with Gasteiger partial charge in [-0.15, -0.1) is 0 Å². The Bertz CT molecular complexity index is 495. The molecule has 0 radical (unpaired) electrons. The highest BCUT2D eigenvalue weighted by atomic mass is 35.5. The smallest absolute Gasteiger partial charge is 0.319 e. The molecule has 0 heterocycles. The first-order valence-corrected chi connectivity index (χ1v) is 6.86. The molecule has 1 atom stereocenters. The molecule has 0 aliphatic heterocycles. The molecule has 0 aliphatic carbocycles. The van der Waals surface area contributed by atoms with Crippen molar-refractivity contribution in [2.24, 2.45) is 0 Å². The van der Waals surface area contributed by atoms with E-state index < -0.39 is 6.03 Å². The largest absolute Gasteiger partial charge is 0.466 e. The number of nitrogens with one attached hydrogen (secondary N) is 2. The average Bonchev–Trinajstić information content (AvgIpc) is 2.33. The van der Waals surface area contributed by atoms with Gasteiger partial charge in [0, 0.05) is 11.7 Å². The molecule has 1 aromatic rings. The molecule has 0 saturated heterocycles. The molecule has 7 heteroatoms. The number of carbonyl (C=O) groups excluding carboxylic acids is 2. The van der Waals surface area contributed by atoms with Gasteiger partial charge in [-0.1, -0.05) is 23.2 Å². The summed E-state index contributed by atoms with van der Waals surface area (Å²) in [4.78, 5) is 23.0. The normalized spacial score (nSPS) is 11.6. The molecule has 0 saturated carbocycles. The topological polar surface area (TPSA) is 67.4 Å². The van der Waals surface area contributed by atoms with Crippen molar-refractivity contribution >= 4 is 40.9 Å². The Morgan fingerprint density at radius 1 is 1.30 bits per heavy atom. The lowest BCUT2D eigenvalue weighted by Crippen LogP contribution is -2.37. The summed E-state index contributed by atoms with van der Waals surface area (Å²) in [5.74, 6) is -0.352. The van der Waals surface area contributed by atoms with Crippen LogP contribution in [0.15, 0.2) is 18.2 Å². The zero-order valence-electron chi connectivity index (χ0n) is 11.2. The van der Waals surface area contributed by atoms with Gasteiger partial charge in [0.1, 0.15) is 0 Å². The molecule has 1 rings (SSSR count). The summed E-state index contributed by atoms with van der Waals surface area (Å²) in [6, 6.07) is 3.99. The molecule has 0 aromatic heterocycles. The number of hydrogen-bond acceptors (Lipinski definition) is 3. The third-order valence-electron chi connectivity index (χ3n) is 2.33. The van der Waals surface area contributed by atoms with Crippen molar-refractivity contribution in [3.8, 4) is 0 Å². The van der Waals surface area contributed by atoms with Crippen LogP contribution in [0, 0.1) is 0 Å². The summed E-state index contributed by atoms with van der Waals surface area (Å²) in [7, 11) is 0. The van der Waals surface area contributed by atoms with Crippen molar-refractivity contribution < 1.29 is 14.3 Å². The molecule has 0 fully saturated rings. The van der Waals surface area contributed by atoms with Gasteiger partial charge in [-0.05, 0) is 32.0 Å². The third-order valence-corrected chi connectivity index (χ3v) is 3.07. The zero-order chi connectivity index (χ0) is 15.1. The molecular weight excluding hydrogens is 303 g/mol. The Hall–Kier alpha value is -1.46. The van der Waals surface area contributed by atoms with E-state index in [1.807, 2.05) is 0 Å². The van der Waals surface area contributed by atoms with Gasteiger partial charge in [0.25, 0.3) is 0 Å². The summed E-state index contributed by atoms with van der Waals surface area (Å²) in [5, 5.41) is 5.99. The van der Waals surface area contributed by atoms with Gasteiger partial charge in [-0.2, -0.15) is 0 Å². The van der Waals surface area contributed by atoms with E-state index in [1.54, 1.807) is 32.0 Å². The first-order chi connectivity index (χ1) is 9.42. The molecule has 0 aliphatic rings. The molecule has 2 N–H and O–H groups in total. The number of rotatable bonds is 5. The minimum atomic E-state index is -0.430. The van der Waals surface area contributed by atoms with E-state index in [1.165, 1.54) is 0 Å².